The predicted molar refractivity (Wildman–Crippen MR) is 97.6 cm³/mol. The van der Waals surface area contributed by atoms with Gasteiger partial charge >= 0.3 is 0 Å². The predicted octanol–water partition coefficient (Wildman–Crippen LogP) is 1.96. The number of unbranched alkanes of at least 4 members (excludes halogenated alkanes) is 1. The second-order valence-electron chi connectivity index (χ2n) is 6.50. The molecule has 1 aliphatic rings. The van der Waals surface area contributed by atoms with E-state index in [2.05, 4.69) is 4.98 Å². The first kappa shape index (κ1) is 17.7. The number of nitrogens with zero attached hydrogens (tertiary/aromatic N) is 1. The van der Waals surface area contributed by atoms with Crippen molar-refractivity contribution in [2.24, 2.45) is 0 Å². The van der Waals surface area contributed by atoms with Crippen LogP contribution in [0.15, 0.2) is 35.1 Å². The van der Waals surface area contributed by atoms with Crippen molar-refractivity contribution in [3.05, 3.63) is 46.2 Å². The van der Waals surface area contributed by atoms with Crippen LogP contribution in [0, 0.1) is 0 Å². The molecule has 0 radical (unpaired) electrons. The smallest absolute Gasteiger partial charge is 0.255 e. The summed E-state index contributed by atoms with van der Waals surface area (Å²) in [7, 11) is -3.09. The Morgan fingerprint density at radius 3 is 2.76 bits per heavy atom. The molecule has 0 spiro atoms. The second kappa shape index (κ2) is 7.00. The van der Waals surface area contributed by atoms with E-state index in [1.165, 1.54) is 6.07 Å². The van der Waals surface area contributed by atoms with Crippen LogP contribution >= 0.6 is 0 Å². The van der Waals surface area contributed by atoms with E-state index in [0.29, 0.717) is 29.4 Å². The summed E-state index contributed by atoms with van der Waals surface area (Å²) in [5.41, 5.74) is 0.601. The number of nitrogens with one attached hydrogen (secondary N) is 1. The molecule has 2 heterocycles. The maximum atomic E-state index is 13.2. The number of aromatic amines is 1. The number of benzene rings is 1. The van der Waals surface area contributed by atoms with Gasteiger partial charge in [0, 0.05) is 29.6 Å². The number of pyridine rings is 1. The Morgan fingerprint density at radius 2 is 2.08 bits per heavy atom. The van der Waals surface area contributed by atoms with Gasteiger partial charge in [0.05, 0.1) is 17.1 Å². The van der Waals surface area contributed by atoms with Crippen molar-refractivity contribution < 1.29 is 13.2 Å². The van der Waals surface area contributed by atoms with E-state index in [-0.39, 0.29) is 29.0 Å². The van der Waals surface area contributed by atoms with Gasteiger partial charge < -0.3 is 9.88 Å². The van der Waals surface area contributed by atoms with Gasteiger partial charge in [-0.15, -0.1) is 0 Å². The lowest BCUT2D eigenvalue weighted by atomic mass is 10.1. The van der Waals surface area contributed by atoms with Crippen molar-refractivity contribution in [3.63, 3.8) is 0 Å². The first-order valence-corrected chi connectivity index (χ1v) is 10.4. The van der Waals surface area contributed by atoms with Crippen LogP contribution in [0.3, 0.4) is 0 Å². The molecule has 1 N–H and O–H groups in total. The Labute approximate surface area is 146 Å². The molecule has 3 rings (SSSR count). The highest BCUT2D eigenvalue weighted by molar-refractivity contribution is 7.91. The molecule has 25 heavy (non-hydrogen) atoms. The number of H-pyrrole nitrogens is 1. The van der Waals surface area contributed by atoms with Crippen LogP contribution in [0.5, 0.6) is 0 Å². The molecule has 1 fully saturated rings. The minimum absolute atomic E-state index is 0.00355. The number of amides is 1. The number of fused-ring (bicyclic) bond motifs is 1. The minimum atomic E-state index is -3.09. The molecule has 6 nitrogen and oxygen atoms in total. The van der Waals surface area contributed by atoms with E-state index in [1.54, 1.807) is 23.1 Å². The maximum Gasteiger partial charge on any atom is 0.255 e. The van der Waals surface area contributed by atoms with Gasteiger partial charge in [0.25, 0.3) is 5.91 Å². The zero-order chi connectivity index (χ0) is 18.0. The Kier molecular flexibility index (Phi) is 4.94. The van der Waals surface area contributed by atoms with E-state index in [4.69, 9.17) is 0 Å². The summed E-state index contributed by atoms with van der Waals surface area (Å²) in [6.07, 6.45) is 2.15. The van der Waals surface area contributed by atoms with E-state index in [0.717, 1.165) is 12.8 Å². The van der Waals surface area contributed by atoms with Crippen LogP contribution < -0.4 is 5.56 Å². The minimum Gasteiger partial charge on any atom is -0.335 e. The van der Waals surface area contributed by atoms with Gasteiger partial charge in [-0.1, -0.05) is 31.5 Å². The van der Waals surface area contributed by atoms with Crippen molar-refractivity contribution in [3.8, 4) is 0 Å². The number of hydrogen-bond acceptors (Lipinski definition) is 4. The fraction of sp³-hybridized carbons (Fsp3) is 0.444. The van der Waals surface area contributed by atoms with Gasteiger partial charge in [0.2, 0.25) is 5.56 Å². The zero-order valence-electron chi connectivity index (χ0n) is 14.2. The van der Waals surface area contributed by atoms with E-state index < -0.39 is 9.84 Å². The first-order valence-electron chi connectivity index (χ1n) is 8.55. The van der Waals surface area contributed by atoms with E-state index in [1.807, 2.05) is 13.0 Å². The quantitative estimate of drug-likeness (QED) is 0.881. The second-order valence-corrected chi connectivity index (χ2v) is 8.73. The number of carbonyl (C=O) groups is 1. The van der Waals surface area contributed by atoms with Crippen LogP contribution in [0.4, 0.5) is 0 Å². The maximum absolute atomic E-state index is 13.2. The molecule has 1 aliphatic heterocycles. The monoisotopic (exact) mass is 362 g/mol. The Hall–Kier alpha value is -2.15. The van der Waals surface area contributed by atoms with E-state index in [9.17, 15) is 18.0 Å². The summed E-state index contributed by atoms with van der Waals surface area (Å²) in [6, 6.07) is 8.15. The molecule has 0 saturated carbocycles. The summed E-state index contributed by atoms with van der Waals surface area (Å²) in [5, 5.41) is 0.675. The Bertz CT molecular complexity index is 949. The van der Waals surface area contributed by atoms with Crippen LogP contribution in [-0.4, -0.2) is 48.3 Å². The molecule has 1 aromatic heterocycles. The average molecular weight is 362 g/mol. The molecule has 2 aromatic rings. The summed E-state index contributed by atoms with van der Waals surface area (Å²) < 4.78 is 23.7. The van der Waals surface area contributed by atoms with Crippen LogP contribution in [0.25, 0.3) is 10.9 Å². The molecular weight excluding hydrogens is 340 g/mol. The van der Waals surface area contributed by atoms with Crippen molar-refractivity contribution >= 4 is 26.6 Å². The number of para-hydroxylation sites is 1. The molecule has 134 valence electrons. The van der Waals surface area contributed by atoms with Gasteiger partial charge in [-0.25, -0.2) is 8.42 Å². The standard InChI is InChI=1S/C18H22N2O4S/c1-2-3-9-20(13-8-10-25(23,24)12-13)18(22)15-11-17(21)19-16-7-5-4-6-14(15)16/h4-7,11,13H,2-3,8-10,12H2,1H3,(H,19,21). The molecule has 1 saturated heterocycles. The van der Waals surface area contributed by atoms with Crippen LogP contribution in [0.2, 0.25) is 0 Å². The molecule has 0 bridgehead atoms. The number of carbonyl (C=O) groups excluding carboxylic acids is 1. The number of hydrogen-bond donors (Lipinski definition) is 1. The average Bonchev–Trinajstić information content (AvgIpc) is 2.94. The third-order valence-corrected chi connectivity index (χ3v) is 6.39. The van der Waals surface area contributed by atoms with Crippen molar-refractivity contribution in [2.45, 2.75) is 32.2 Å². The molecular formula is C18H22N2O4S. The van der Waals surface area contributed by atoms with Crippen molar-refractivity contribution in [1.29, 1.82) is 0 Å². The van der Waals surface area contributed by atoms with Crippen LogP contribution in [0.1, 0.15) is 36.5 Å². The van der Waals surface area contributed by atoms with E-state index >= 15 is 0 Å². The van der Waals surface area contributed by atoms with Gasteiger partial charge in [0.15, 0.2) is 9.84 Å². The lowest BCUT2D eigenvalue weighted by Gasteiger charge is -2.28. The third-order valence-electron chi connectivity index (χ3n) is 4.64. The van der Waals surface area contributed by atoms with Gasteiger partial charge in [-0.3, -0.25) is 9.59 Å². The first-order chi connectivity index (χ1) is 11.9. The van der Waals surface area contributed by atoms with Gasteiger partial charge in [-0.05, 0) is 18.9 Å². The number of rotatable bonds is 5. The lowest BCUT2D eigenvalue weighted by molar-refractivity contribution is 0.0696. The summed E-state index contributed by atoms with van der Waals surface area (Å²) in [6.45, 7) is 2.52. The zero-order valence-corrected chi connectivity index (χ0v) is 15.0. The largest absolute Gasteiger partial charge is 0.335 e. The highest BCUT2D eigenvalue weighted by atomic mass is 32.2. The molecule has 1 aromatic carbocycles. The third kappa shape index (κ3) is 3.76. The Morgan fingerprint density at radius 1 is 1.32 bits per heavy atom. The van der Waals surface area contributed by atoms with Crippen LogP contribution in [-0.2, 0) is 9.84 Å². The fourth-order valence-electron chi connectivity index (χ4n) is 3.34. The molecule has 7 heteroatoms. The number of sulfone groups is 1. The Balaban J connectivity index is 2.02. The highest BCUT2D eigenvalue weighted by Crippen LogP contribution is 2.23. The van der Waals surface area contributed by atoms with Gasteiger partial charge in [0.1, 0.15) is 0 Å². The summed E-state index contributed by atoms with van der Waals surface area (Å²) in [5.74, 6) is -0.148. The lowest BCUT2D eigenvalue weighted by Crippen LogP contribution is -2.42. The van der Waals surface area contributed by atoms with Gasteiger partial charge in [-0.2, -0.15) is 0 Å². The number of aromatic nitrogens is 1. The fourth-order valence-corrected chi connectivity index (χ4v) is 5.07. The van der Waals surface area contributed by atoms with Crippen molar-refractivity contribution in [2.75, 3.05) is 18.1 Å². The summed E-state index contributed by atoms with van der Waals surface area (Å²) in [4.78, 5) is 29.5. The summed E-state index contributed by atoms with van der Waals surface area (Å²) >= 11 is 0. The van der Waals surface area contributed by atoms with Crippen molar-refractivity contribution in [1.82, 2.24) is 9.88 Å². The molecule has 1 amide bonds. The highest BCUT2D eigenvalue weighted by Gasteiger charge is 2.35. The SMILES string of the molecule is CCCCN(C(=O)c1cc(=O)[nH]c2ccccc12)C1CCS(=O)(=O)C1. The topological polar surface area (TPSA) is 87.3 Å². The normalized spacial score (nSPS) is 19.2. The molecule has 0 aliphatic carbocycles. The molecule has 1 unspecified atom stereocenters. The molecule has 1 atom stereocenters.